The predicted octanol–water partition coefficient (Wildman–Crippen LogP) is 2.54. The Hall–Kier alpha value is -0.0800. The highest BCUT2D eigenvalue weighted by molar-refractivity contribution is 4.93. The summed E-state index contributed by atoms with van der Waals surface area (Å²) in [5.41, 5.74) is 0.957. The van der Waals surface area contributed by atoms with Gasteiger partial charge in [0.25, 0.3) is 0 Å². The highest BCUT2D eigenvalue weighted by Crippen LogP contribution is 2.47. The molecular weight excluding hydrogens is 184 g/mol. The van der Waals surface area contributed by atoms with E-state index in [1.807, 2.05) is 0 Å². The van der Waals surface area contributed by atoms with Gasteiger partial charge in [-0.25, -0.2) is 0 Å². The van der Waals surface area contributed by atoms with E-state index in [1.165, 1.54) is 32.2 Å². The third-order valence-electron chi connectivity index (χ3n) is 3.39. The molecule has 0 aliphatic heterocycles. The van der Waals surface area contributed by atoms with Crippen LogP contribution in [0.15, 0.2) is 0 Å². The first-order chi connectivity index (χ1) is 6.97. The smallest absolute Gasteiger partial charge is 0.00965 e. The van der Waals surface area contributed by atoms with Crippen LogP contribution in [0.5, 0.6) is 0 Å². The van der Waals surface area contributed by atoms with Crippen LogP contribution in [-0.2, 0) is 0 Å². The third kappa shape index (κ3) is 5.53. The molecule has 0 atom stereocenters. The van der Waals surface area contributed by atoms with Crippen molar-refractivity contribution in [3.05, 3.63) is 0 Å². The van der Waals surface area contributed by atoms with Crippen molar-refractivity contribution in [2.24, 2.45) is 5.41 Å². The number of rotatable bonds is 7. The molecule has 1 aliphatic rings. The minimum Gasteiger partial charge on any atom is -0.316 e. The van der Waals surface area contributed by atoms with Crippen molar-refractivity contribution in [1.82, 2.24) is 10.6 Å². The normalized spacial score (nSPS) is 19.2. The molecule has 15 heavy (non-hydrogen) atoms. The molecule has 2 nitrogen and oxygen atoms in total. The summed E-state index contributed by atoms with van der Waals surface area (Å²) < 4.78 is 0. The van der Waals surface area contributed by atoms with Crippen LogP contribution in [0.4, 0.5) is 0 Å². The van der Waals surface area contributed by atoms with Crippen LogP contribution in [0.2, 0.25) is 0 Å². The van der Waals surface area contributed by atoms with Crippen molar-refractivity contribution in [2.75, 3.05) is 19.6 Å². The van der Waals surface area contributed by atoms with Crippen molar-refractivity contribution in [3.63, 3.8) is 0 Å². The predicted molar refractivity (Wildman–Crippen MR) is 67.2 cm³/mol. The van der Waals surface area contributed by atoms with Crippen LogP contribution in [0.25, 0.3) is 0 Å². The van der Waals surface area contributed by atoms with E-state index in [4.69, 9.17) is 0 Å². The maximum Gasteiger partial charge on any atom is 0.00965 e. The Morgan fingerprint density at radius 1 is 1.13 bits per heavy atom. The second-order valence-corrected chi connectivity index (χ2v) is 6.06. The molecule has 0 bridgehead atoms. The maximum absolute atomic E-state index is 3.59. The molecule has 1 rings (SSSR count). The summed E-state index contributed by atoms with van der Waals surface area (Å²) in [6.45, 7) is 12.5. The van der Waals surface area contributed by atoms with Crippen LogP contribution in [0.3, 0.4) is 0 Å². The van der Waals surface area contributed by atoms with E-state index in [0.29, 0.717) is 5.41 Å². The van der Waals surface area contributed by atoms with Gasteiger partial charge in [0.15, 0.2) is 0 Å². The Balaban J connectivity index is 1.90. The lowest BCUT2D eigenvalue weighted by molar-refractivity contribution is 0.405. The van der Waals surface area contributed by atoms with Crippen LogP contribution < -0.4 is 10.6 Å². The van der Waals surface area contributed by atoms with Crippen LogP contribution in [0.1, 0.15) is 53.4 Å². The zero-order chi connectivity index (χ0) is 11.4. The van der Waals surface area contributed by atoms with Gasteiger partial charge in [0.1, 0.15) is 0 Å². The highest BCUT2D eigenvalue weighted by Gasteiger charge is 2.39. The van der Waals surface area contributed by atoms with Gasteiger partial charge in [0, 0.05) is 12.1 Å². The second-order valence-electron chi connectivity index (χ2n) is 6.06. The lowest BCUT2D eigenvalue weighted by Crippen LogP contribution is -2.37. The summed E-state index contributed by atoms with van der Waals surface area (Å²) in [5.74, 6) is 0. The summed E-state index contributed by atoms with van der Waals surface area (Å²) in [5, 5.41) is 7.09. The van der Waals surface area contributed by atoms with E-state index >= 15 is 0 Å². The Bertz CT molecular complexity index is 177. The van der Waals surface area contributed by atoms with Gasteiger partial charge in [-0.3, -0.25) is 0 Å². The van der Waals surface area contributed by atoms with E-state index in [0.717, 1.165) is 13.1 Å². The fourth-order valence-corrected chi connectivity index (χ4v) is 1.86. The number of hydrogen-bond acceptors (Lipinski definition) is 2. The van der Waals surface area contributed by atoms with Gasteiger partial charge >= 0.3 is 0 Å². The third-order valence-corrected chi connectivity index (χ3v) is 3.39. The molecule has 0 radical (unpaired) electrons. The maximum atomic E-state index is 3.59. The summed E-state index contributed by atoms with van der Waals surface area (Å²) in [6, 6.07) is 0. The van der Waals surface area contributed by atoms with E-state index in [1.54, 1.807) is 0 Å². The Morgan fingerprint density at radius 3 is 2.27 bits per heavy atom. The molecule has 0 heterocycles. The molecule has 90 valence electrons. The number of hydrogen-bond donors (Lipinski definition) is 2. The molecule has 2 heteroatoms. The monoisotopic (exact) mass is 212 g/mol. The van der Waals surface area contributed by atoms with Crippen molar-refractivity contribution < 1.29 is 0 Å². The van der Waals surface area contributed by atoms with Crippen molar-refractivity contribution in [1.29, 1.82) is 0 Å². The van der Waals surface area contributed by atoms with Gasteiger partial charge in [-0.1, -0.05) is 6.92 Å². The topological polar surface area (TPSA) is 24.1 Å². The van der Waals surface area contributed by atoms with Crippen LogP contribution in [-0.4, -0.2) is 25.2 Å². The van der Waals surface area contributed by atoms with Gasteiger partial charge in [-0.05, 0) is 65.0 Å². The minimum atomic E-state index is 0.265. The Labute approximate surface area is 95.2 Å². The molecule has 1 fully saturated rings. The van der Waals surface area contributed by atoms with Crippen LogP contribution >= 0.6 is 0 Å². The van der Waals surface area contributed by atoms with Crippen molar-refractivity contribution in [2.45, 2.75) is 58.9 Å². The quantitative estimate of drug-likeness (QED) is 0.634. The molecule has 0 amide bonds. The summed E-state index contributed by atoms with van der Waals surface area (Å²) in [6.07, 6.45) is 5.46. The molecule has 0 aromatic carbocycles. The van der Waals surface area contributed by atoms with E-state index in [2.05, 4.69) is 38.3 Å². The zero-order valence-corrected chi connectivity index (χ0v) is 10.9. The molecule has 0 aromatic heterocycles. The standard InChI is InChI=1S/C13H28N2/c1-5-13(7-8-13)11-14-9-6-10-15-12(2,3)4/h14-15H,5-11H2,1-4H3. The first kappa shape index (κ1) is 13.0. The van der Waals surface area contributed by atoms with E-state index in [9.17, 15) is 0 Å². The average molecular weight is 212 g/mol. The van der Waals surface area contributed by atoms with Crippen LogP contribution in [0, 0.1) is 5.41 Å². The molecule has 0 unspecified atom stereocenters. The lowest BCUT2D eigenvalue weighted by atomic mass is 10.0. The van der Waals surface area contributed by atoms with Gasteiger partial charge in [-0.15, -0.1) is 0 Å². The van der Waals surface area contributed by atoms with E-state index < -0.39 is 0 Å². The second kappa shape index (κ2) is 5.31. The minimum absolute atomic E-state index is 0.265. The van der Waals surface area contributed by atoms with Gasteiger partial charge in [0.2, 0.25) is 0 Å². The largest absolute Gasteiger partial charge is 0.316 e. The molecule has 1 saturated carbocycles. The Kier molecular flexibility index (Phi) is 4.60. The van der Waals surface area contributed by atoms with Gasteiger partial charge in [0.05, 0.1) is 0 Å². The molecular formula is C13H28N2. The first-order valence-electron chi connectivity index (χ1n) is 6.43. The Morgan fingerprint density at radius 2 is 1.80 bits per heavy atom. The average Bonchev–Trinajstić information content (AvgIpc) is 2.90. The van der Waals surface area contributed by atoms with Crippen molar-refractivity contribution >= 4 is 0 Å². The van der Waals surface area contributed by atoms with Gasteiger partial charge < -0.3 is 10.6 Å². The fraction of sp³-hybridized carbons (Fsp3) is 1.00. The molecule has 2 N–H and O–H groups in total. The first-order valence-corrected chi connectivity index (χ1v) is 6.43. The highest BCUT2D eigenvalue weighted by atomic mass is 15.0. The van der Waals surface area contributed by atoms with Crippen molar-refractivity contribution in [3.8, 4) is 0 Å². The SMILES string of the molecule is CCC1(CNCCCNC(C)(C)C)CC1. The molecule has 1 aliphatic carbocycles. The summed E-state index contributed by atoms with van der Waals surface area (Å²) >= 11 is 0. The molecule has 0 spiro atoms. The summed E-state index contributed by atoms with van der Waals surface area (Å²) in [7, 11) is 0. The molecule has 0 saturated heterocycles. The van der Waals surface area contributed by atoms with Gasteiger partial charge in [-0.2, -0.15) is 0 Å². The zero-order valence-electron chi connectivity index (χ0n) is 10.9. The lowest BCUT2D eigenvalue weighted by Gasteiger charge is -2.20. The molecule has 0 aromatic rings. The van der Waals surface area contributed by atoms with E-state index in [-0.39, 0.29) is 5.54 Å². The number of nitrogens with one attached hydrogen (secondary N) is 2. The fourth-order valence-electron chi connectivity index (χ4n) is 1.86. The summed E-state index contributed by atoms with van der Waals surface area (Å²) in [4.78, 5) is 0.